The molecule has 2 rings (SSSR count). The highest BCUT2D eigenvalue weighted by Gasteiger charge is 2.20. The predicted octanol–water partition coefficient (Wildman–Crippen LogP) is 2.96. The number of thioether (sulfide) groups is 1. The van der Waals surface area contributed by atoms with Crippen molar-refractivity contribution in [2.24, 2.45) is 5.73 Å². The van der Waals surface area contributed by atoms with E-state index in [-0.39, 0.29) is 5.56 Å². The minimum atomic E-state index is -2.52. The minimum Gasteiger partial charge on any atom is -0.368 e. The summed E-state index contributed by atoms with van der Waals surface area (Å²) in [6.45, 7) is 0. The van der Waals surface area contributed by atoms with Crippen LogP contribution in [-0.4, -0.2) is 17.6 Å². The van der Waals surface area contributed by atoms with Crippen molar-refractivity contribution < 1.29 is 18.4 Å². The molecule has 23 heavy (non-hydrogen) atoms. The summed E-state index contributed by atoms with van der Waals surface area (Å²) in [5.41, 5.74) is 6.16. The number of rotatable bonds is 6. The fourth-order valence-corrected chi connectivity index (χ4v) is 2.47. The van der Waals surface area contributed by atoms with E-state index in [1.165, 1.54) is 24.3 Å². The number of primary amides is 1. The van der Waals surface area contributed by atoms with E-state index < -0.39 is 23.6 Å². The summed E-state index contributed by atoms with van der Waals surface area (Å²) in [5, 5.41) is 2.54. The van der Waals surface area contributed by atoms with Crippen molar-refractivity contribution in [3.05, 3.63) is 65.7 Å². The Kier molecular flexibility index (Phi) is 5.70. The van der Waals surface area contributed by atoms with Crippen LogP contribution in [0.1, 0.15) is 22.0 Å². The van der Waals surface area contributed by atoms with Gasteiger partial charge < -0.3 is 11.1 Å². The van der Waals surface area contributed by atoms with Crippen LogP contribution in [0.2, 0.25) is 0 Å². The van der Waals surface area contributed by atoms with Gasteiger partial charge in [0.25, 0.3) is 11.7 Å². The second-order valence-corrected chi connectivity index (χ2v) is 5.69. The standard InChI is InChI=1S/C16H14F2N2O2S/c17-16(18)23-12-8-6-11(7-9-12)15(22)20-13(14(19)21)10-4-2-1-3-5-10/h1-9,13,16H,(H2,19,21)(H,20,22). The lowest BCUT2D eigenvalue weighted by molar-refractivity contribution is -0.120. The number of nitrogens with one attached hydrogen (secondary N) is 1. The Bertz CT molecular complexity index is 678. The summed E-state index contributed by atoms with van der Waals surface area (Å²) in [6, 6.07) is 13.3. The molecule has 2 aromatic rings. The highest BCUT2D eigenvalue weighted by Crippen LogP contribution is 2.25. The highest BCUT2D eigenvalue weighted by molar-refractivity contribution is 7.99. The Morgan fingerprint density at radius 3 is 2.13 bits per heavy atom. The Labute approximate surface area is 136 Å². The summed E-state index contributed by atoms with van der Waals surface area (Å²) >= 11 is 0.395. The van der Waals surface area contributed by atoms with Crippen LogP contribution in [0, 0.1) is 0 Å². The van der Waals surface area contributed by atoms with E-state index in [1.807, 2.05) is 0 Å². The number of halogens is 2. The first-order valence-electron chi connectivity index (χ1n) is 6.67. The molecule has 0 aliphatic rings. The van der Waals surface area contributed by atoms with E-state index in [0.717, 1.165) is 0 Å². The van der Waals surface area contributed by atoms with Crippen LogP contribution in [0.4, 0.5) is 8.78 Å². The first-order valence-corrected chi connectivity index (χ1v) is 7.55. The quantitative estimate of drug-likeness (QED) is 0.797. The van der Waals surface area contributed by atoms with Gasteiger partial charge in [0.1, 0.15) is 6.04 Å². The minimum absolute atomic E-state index is 0.255. The lowest BCUT2D eigenvalue weighted by atomic mass is 10.1. The summed E-state index contributed by atoms with van der Waals surface area (Å²) in [4.78, 5) is 24.1. The van der Waals surface area contributed by atoms with E-state index in [9.17, 15) is 18.4 Å². The zero-order valence-corrected chi connectivity index (χ0v) is 12.7. The van der Waals surface area contributed by atoms with Gasteiger partial charge in [-0.2, -0.15) is 8.78 Å². The van der Waals surface area contributed by atoms with Gasteiger partial charge in [0.05, 0.1) is 0 Å². The number of carbonyl (C=O) groups excluding carboxylic acids is 2. The van der Waals surface area contributed by atoms with Crippen molar-refractivity contribution in [2.45, 2.75) is 16.7 Å². The summed E-state index contributed by atoms with van der Waals surface area (Å²) in [5.74, 6) is -3.72. The lowest BCUT2D eigenvalue weighted by Crippen LogP contribution is -2.37. The van der Waals surface area contributed by atoms with E-state index >= 15 is 0 Å². The van der Waals surface area contributed by atoms with Crippen molar-refractivity contribution in [3.8, 4) is 0 Å². The molecule has 7 heteroatoms. The molecule has 0 aliphatic carbocycles. The number of hydrogen-bond donors (Lipinski definition) is 2. The second kappa shape index (κ2) is 7.73. The molecule has 0 radical (unpaired) electrons. The molecule has 0 aromatic heterocycles. The van der Waals surface area contributed by atoms with Gasteiger partial charge in [-0.05, 0) is 29.8 Å². The first kappa shape index (κ1) is 17.0. The van der Waals surface area contributed by atoms with Crippen LogP contribution in [-0.2, 0) is 4.79 Å². The van der Waals surface area contributed by atoms with Gasteiger partial charge in [0, 0.05) is 10.5 Å². The fraction of sp³-hybridized carbons (Fsp3) is 0.125. The average Bonchev–Trinajstić information content (AvgIpc) is 2.53. The van der Waals surface area contributed by atoms with Crippen LogP contribution < -0.4 is 11.1 Å². The molecule has 0 bridgehead atoms. The Morgan fingerprint density at radius 1 is 1.00 bits per heavy atom. The van der Waals surface area contributed by atoms with E-state index in [2.05, 4.69) is 5.32 Å². The lowest BCUT2D eigenvalue weighted by Gasteiger charge is -2.16. The number of nitrogens with two attached hydrogens (primary N) is 1. The summed E-state index contributed by atoms with van der Waals surface area (Å²) in [6.07, 6.45) is 0. The second-order valence-electron chi connectivity index (χ2n) is 4.62. The fourth-order valence-electron chi connectivity index (χ4n) is 1.97. The van der Waals surface area contributed by atoms with Gasteiger partial charge in [0.15, 0.2) is 0 Å². The van der Waals surface area contributed by atoms with Gasteiger partial charge in [-0.15, -0.1) is 0 Å². The van der Waals surface area contributed by atoms with E-state index in [1.54, 1.807) is 30.3 Å². The molecular weight excluding hydrogens is 322 g/mol. The molecular formula is C16H14F2N2O2S. The molecule has 2 amide bonds. The molecule has 0 aliphatic heterocycles. The summed E-state index contributed by atoms with van der Waals surface area (Å²) < 4.78 is 24.5. The zero-order valence-electron chi connectivity index (χ0n) is 11.9. The normalized spacial score (nSPS) is 12.0. The van der Waals surface area contributed by atoms with Gasteiger partial charge >= 0.3 is 0 Å². The van der Waals surface area contributed by atoms with E-state index in [0.29, 0.717) is 22.2 Å². The number of benzene rings is 2. The maximum Gasteiger partial charge on any atom is 0.288 e. The first-order chi connectivity index (χ1) is 11.0. The predicted molar refractivity (Wildman–Crippen MR) is 84.1 cm³/mol. The van der Waals surface area contributed by atoms with Crippen LogP contribution in [0.5, 0.6) is 0 Å². The third kappa shape index (κ3) is 4.79. The molecule has 0 spiro atoms. The van der Waals surface area contributed by atoms with Crippen molar-refractivity contribution >= 4 is 23.6 Å². The van der Waals surface area contributed by atoms with Crippen LogP contribution in [0.3, 0.4) is 0 Å². The molecule has 0 saturated heterocycles. The highest BCUT2D eigenvalue weighted by atomic mass is 32.2. The SMILES string of the molecule is NC(=O)C(NC(=O)c1ccc(SC(F)F)cc1)c1ccccc1. The molecule has 1 unspecified atom stereocenters. The largest absolute Gasteiger partial charge is 0.368 e. The molecule has 120 valence electrons. The molecule has 1 atom stereocenters. The number of alkyl halides is 2. The Morgan fingerprint density at radius 2 is 1.61 bits per heavy atom. The Balaban J connectivity index is 2.11. The van der Waals surface area contributed by atoms with Crippen molar-refractivity contribution in [3.63, 3.8) is 0 Å². The van der Waals surface area contributed by atoms with Crippen LogP contribution >= 0.6 is 11.8 Å². The maximum atomic E-state index is 12.3. The third-order valence-electron chi connectivity index (χ3n) is 3.03. The van der Waals surface area contributed by atoms with Crippen LogP contribution in [0.25, 0.3) is 0 Å². The summed E-state index contributed by atoms with van der Waals surface area (Å²) in [7, 11) is 0. The third-order valence-corrected chi connectivity index (χ3v) is 3.76. The molecule has 0 heterocycles. The molecule has 4 nitrogen and oxygen atoms in total. The Hall–Kier alpha value is -2.41. The number of hydrogen-bond acceptors (Lipinski definition) is 3. The molecule has 0 saturated carbocycles. The molecule has 0 fully saturated rings. The van der Waals surface area contributed by atoms with Crippen molar-refractivity contribution in [2.75, 3.05) is 0 Å². The van der Waals surface area contributed by atoms with E-state index in [4.69, 9.17) is 5.73 Å². The van der Waals surface area contributed by atoms with Gasteiger partial charge in [-0.3, -0.25) is 9.59 Å². The topological polar surface area (TPSA) is 72.2 Å². The number of amides is 2. The monoisotopic (exact) mass is 336 g/mol. The van der Waals surface area contributed by atoms with Gasteiger partial charge in [-0.25, -0.2) is 0 Å². The number of carbonyl (C=O) groups is 2. The van der Waals surface area contributed by atoms with Gasteiger partial charge in [0.2, 0.25) is 5.91 Å². The average molecular weight is 336 g/mol. The smallest absolute Gasteiger partial charge is 0.288 e. The van der Waals surface area contributed by atoms with Crippen molar-refractivity contribution in [1.82, 2.24) is 5.32 Å². The van der Waals surface area contributed by atoms with Crippen LogP contribution in [0.15, 0.2) is 59.5 Å². The van der Waals surface area contributed by atoms with Gasteiger partial charge in [-0.1, -0.05) is 42.1 Å². The maximum absolute atomic E-state index is 12.3. The van der Waals surface area contributed by atoms with Crippen molar-refractivity contribution in [1.29, 1.82) is 0 Å². The molecule has 2 aromatic carbocycles. The zero-order chi connectivity index (χ0) is 16.8. The molecule has 3 N–H and O–H groups in total.